The van der Waals surface area contributed by atoms with Gasteiger partial charge >= 0.3 is 0 Å². The zero-order chi connectivity index (χ0) is 29.7. The molecule has 1 aliphatic heterocycles. The number of aromatic amines is 1. The lowest BCUT2D eigenvalue weighted by atomic mass is 10.1. The van der Waals surface area contributed by atoms with Crippen molar-refractivity contribution in [2.24, 2.45) is 0 Å². The van der Waals surface area contributed by atoms with Crippen molar-refractivity contribution in [1.82, 2.24) is 24.6 Å². The largest absolute Gasteiger partial charge is 0.491 e. The van der Waals surface area contributed by atoms with E-state index in [4.69, 9.17) is 15.7 Å². The predicted octanol–water partition coefficient (Wildman–Crippen LogP) is 1.77. The molecular formula is C22H30N6O3S. The number of nitrogens with zero attached hydrogens (tertiary/aromatic N) is 4. The fourth-order valence-electron chi connectivity index (χ4n) is 3.36. The van der Waals surface area contributed by atoms with Crippen LogP contribution in [-0.2, 0) is 22.2 Å². The molecular weight excluding hydrogens is 428 g/mol. The summed E-state index contributed by atoms with van der Waals surface area (Å²) in [5.41, 5.74) is 2.09. The van der Waals surface area contributed by atoms with E-state index < -0.39 is 41.8 Å². The molecule has 1 fully saturated rings. The molecule has 0 amide bonds. The van der Waals surface area contributed by atoms with Gasteiger partial charge in [0.2, 0.25) is 10.0 Å². The van der Waals surface area contributed by atoms with Crippen LogP contribution in [0.5, 0.6) is 5.75 Å². The van der Waals surface area contributed by atoms with Gasteiger partial charge in [-0.3, -0.25) is 4.90 Å². The van der Waals surface area contributed by atoms with E-state index in [0.717, 1.165) is 29.0 Å². The summed E-state index contributed by atoms with van der Waals surface area (Å²) in [7, 11) is -0.916. The van der Waals surface area contributed by atoms with Gasteiger partial charge in [-0.15, -0.1) is 0 Å². The molecule has 1 aliphatic rings. The van der Waals surface area contributed by atoms with Crippen molar-refractivity contribution < 1.29 is 24.1 Å². The van der Waals surface area contributed by atoms with Crippen LogP contribution in [0.15, 0.2) is 36.9 Å². The molecule has 32 heavy (non-hydrogen) atoms. The Morgan fingerprint density at radius 1 is 1.28 bits per heavy atom. The number of anilines is 1. The molecule has 0 bridgehead atoms. The van der Waals surface area contributed by atoms with Gasteiger partial charge in [0, 0.05) is 48.6 Å². The van der Waals surface area contributed by atoms with Crippen molar-refractivity contribution in [2.45, 2.75) is 18.6 Å². The second-order valence-corrected chi connectivity index (χ2v) is 9.04. The number of hydrogen-bond acceptors (Lipinski definition) is 7. The normalized spacial score (nSPS) is 25.4. The first-order chi connectivity index (χ1) is 18.5. The molecule has 10 heteroatoms. The zero-order valence-electron chi connectivity index (χ0n) is 25.7. The van der Waals surface area contributed by atoms with Crippen LogP contribution in [0.25, 0.3) is 10.9 Å². The third kappa shape index (κ3) is 5.20. The molecule has 0 saturated carbocycles. The molecule has 1 saturated heterocycles. The van der Waals surface area contributed by atoms with Crippen molar-refractivity contribution in [3.63, 3.8) is 0 Å². The van der Waals surface area contributed by atoms with E-state index in [0.29, 0.717) is 21.8 Å². The van der Waals surface area contributed by atoms with Crippen molar-refractivity contribution in [3.05, 3.63) is 48.0 Å². The van der Waals surface area contributed by atoms with E-state index in [9.17, 15) is 8.42 Å². The molecule has 2 N–H and O–H groups in total. The average Bonchev–Trinajstić information content (AvgIpc) is 3.27. The average molecular weight is 467 g/mol. The predicted molar refractivity (Wildman–Crippen MR) is 126 cm³/mol. The van der Waals surface area contributed by atoms with Crippen molar-refractivity contribution in [3.8, 4) is 5.75 Å². The monoisotopic (exact) mass is 466 g/mol. The van der Waals surface area contributed by atoms with Crippen molar-refractivity contribution in [1.29, 1.82) is 0 Å². The summed E-state index contributed by atoms with van der Waals surface area (Å²) in [6.45, 7) is -12.5. The van der Waals surface area contributed by atoms with Crippen LogP contribution in [0.1, 0.15) is 28.5 Å². The van der Waals surface area contributed by atoms with Crippen molar-refractivity contribution in [2.75, 3.05) is 51.6 Å². The minimum absolute atomic E-state index is 0.142. The van der Waals surface area contributed by atoms with Gasteiger partial charge in [0.1, 0.15) is 6.33 Å². The first kappa shape index (κ1) is 14.5. The molecule has 0 unspecified atom stereocenters. The number of aromatic nitrogens is 3. The smallest absolute Gasteiger partial charge is 0.215 e. The Kier molecular flexibility index (Phi) is 4.45. The quantitative estimate of drug-likeness (QED) is 0.495. The Balaban J connectivity index is 1.62. The van der Waals surface area contributed by atoms with Gasteiger partial charge in [0.15, 0.2) is 11.6 Å². The lowest BCUT2D eigenvalue weighted by molar-refractivity contribution is 0.253. The number of aryl methyl sites for hydroxylation is 1. The molecule has 2 aromatic heterocycles. The maximum Gasteiger partial charge on any atom is 0.215 e. The standard InChI is InChI=1S/C22H30N6O3S/c1-23-32(29,30)15-17-5-6-20-19(12-17)18(13-25-20)4-3-7-27-8-10-28(11-9-27)22-21(31-2)14-24-16-26-22/h5-6,12-14,16,23,25H,3-4,7-11,15H2,1-2H3/i8D2,9D2,10D2,11D2. The van der Waals surface area contributed by atoms with Crippen molar-refractivity contribution >= 4 is 26.7 Å². The lowest BCUT2D eigenvalue weighted by Gasteiger charge is -2.35. The second-order valence-electron chi connectivity index (χ2n) is 7.11. The van der Waals surface area contributed by atoms with Gasteiger partial charge in [0.05, 0.1) is 24.5 Å². The SMILES string of the molecule is [2H]C1([2H])N(CCCc2c[nH]c3ccc(CS(=O)(=O)NC)cc23)C([2H])([2H])C([2H])([2H])N(c2ncncc2OC)C1([2H])[2H]. The van der Waals surface area contributed by atoms with Gasteiger partial charge < -0.3 is 14.6 Å². The zero-order valence-corrected chi connectivity index (χ0v) is 18.5. The molecule has 0 spiro atoms. The summed E-state index contributed by atoms with van der Waals surface area (Å²) in [6.07, 6.45) is 4.35. The molecule has 1 aromatic carbocycles. The van der Waals surface area contributed by atoms with Gasteiger partial charge in [-0.2, -0.15) is 0 Å². The number of sulfonamides is 1. The number of ether oxygens (including phenoxy) is 1. The summed E-state index contributed by atoms with van der Waals surface area (Å²) >= 11 is 0. The van der Waals surface area contributed by atoms with Crippen LogP contribution in [0.3, 0.4) is 0 Å². The lowest BCUT2D eigenvalue weighted by Crippen LogP contribution is -2.47. The molecule has 0 radical (unpaired) electrons. The maximum absolute atomic E-state index is 12.0. The van der Waals surface area contributed by atoms with Gasteiger partial charge in [-0.25, -0.2) is 23.1 Å². The van der Waals surface area contributed by atoms with Crippen LogP contribution in [0.2, 0.25) is 0 Å². The Hall–Kier alpha value is -2.69. The Bertz CT molecular complexity index is 1470. The van der Waals surface area contributed by atoms with Crippen LogP contribution in [0, 0.1) is 0 Å². The first-order valence-corrected chi connectivity index (χ1v) is 11.6. The number of benzene rings is 1. The number of H-pyrrole nitrogens is 1. The highest BCUT2D eigenvalue weighted by Gasteiger charge is 2.20. The topological polar surface area (TPSA) is 103 Å². The maximum atomic E-state index is 12.0. The Morgan fingerprint density at radius 2 is 2.09 bits per heavy atom. The molecule has 0 aliphatic carbocycles. The Labute approximate surface area is 200 Å². The summed E-state index contributed by atoms with van der Waals surface area (Å²) < 4.78 is 101. The van der Waals surface area contributed by atoms with E-state index in [1.165, 1.54) is 14.2 Å². The molecule has 3 aromatic rings. The van der Waals surface area contributed by atoms with E-state index in [1.54, 1.807) is 24.4 Å². The number of nitrogens with one attached hydrogen (secondary N) is 2. The van der Waals surface area contributed by atoms with E-state index in [1.807, 2.05) is 0 Å². The summed E-state index contributed by atoms with van der Waals surface area (Å²) in [5.74, 6) is -0.776. The van der Waals surface area contributed by atoms with E-state index in [2.05, 4.69) is 19.7 Å². The number of fused-ring (bicyclic) bond motifs is 1. The third-order valence-electron chi connectivity index (χ3n) is 5.01. The molecule has 0 atom stereocenters. The molecule has 4 rings (SSSR count). The van der Waals surface area contributed by atoms with E-state index >= 15 is 0 Å². The summed E-state index contributed by atoms with van der Waals surface area (Å²) in [5, 5.41) is 0.751. The number of methoxy groups -OCH3 is 1. The fraction of sp³-hybridized carbons (Fsp3) is 0.455. The number of rotatable bonds is 9. The summed E-state index contributed by atoms with van der Waals surface area (Å²) in [6, 6.07) is 5.18. The van der Waals surface area contributed by atoms with E-state index in [-0.39, 0.29) is 24.5 Å². The van der Waals surface area contributed by atoms with Gasteiger partial charge in [-0.1, -0.05) is 6.07 Å². The first-order valence-electron chi connectivity index (χ1n) is 13.9. The van der Waals surface area contributed by atoms with Gasteiger partial charge in [0.25, 0.3) is 0 Å². The Morgan fingerprint density at radius 3 is 2.84 bits per heavy atom. The summed E-state index contributed by atoms with van der Waals surface area (Å²) in [4.78, 5) is 11.7. The second kappa shape index (κ2) is 9.85. The molecule has 9 nitrogen and oxygen atoms in total. The van der Waals surface area contributed by atoms with Crippen LogP contribution in [0.4, 0.5) is 5.82 Å². The van der Waals surface area contributed by atoms with Crippen LogP contribution >= 0.6 is 0 Å². The highest BCUT2D eigenvalue weighted by Crippen LogP contribution is 2.25. The van der Waals surface area contributed by atoms with Crippen LogP contribution in [-0.4, -0.2) is 75.0 Å². The highest BCUT2D eigenvalue weighted by atomic mass is 32.2. The minimum atomic E-state index is -3.49. The molecule has 3 heterocycles. The molecule has 172 valence electrons. The number of piperazine rings is 1. The fourth-order valence-corrected chi connectivity index (χ4v) is 4.12. The van der Waals surface area contributed by atoms with Crippen LogP contribution < -0.4 is 14.4 Å². The number of hydrogen-bond donors (Lipinski definition) is 2. The minimum Gasteiger partial charge on any atom is -0.491 e. The van der Waals surface area contributed by atoms with Gasteiger partial charge in [-0.05, 0) is 49.7 Å². The highest BCUT2D eigenvalue weighted by molar-refractivity contribution is 7.88. The third-order valence-corrected chi connectivity index (χ3v) is 6.35.